The van der Waals surface area contributed by atoms with Crippen molar-refractivity contribution in [1.29, 1.82) is 0 Å². The third-order valence-electron chi connectivity index (χ3n) is 5.75. The maximum Gasteiger partial charge on any atom is 0.341 e. The number of fused-ring (bicyclic) bond motifs is 1. The van der Waals surface area contributed by atoms with E-state index in [-0.39, 0.29) is 24.3 Å². The van der Waals surface area contributed by atoms with Crippen LogP contribution in [0.1, 0.15) is 46.1 Å². The molecule has 0 saturated heterocycles. The maximum absolute atomic E-state index is 13.0. The van der Waals surface area contributed by atoms with Crippen LogP contribution in [0, 0.1) is 5.82 Å². The van der Waals surface area contributed by atoms with Crippen molar-refractivity contribution < 1.29 is 18.7 Å². The van der Waals surface area contributed by atoms with Crippen LogP contribution in [-0.4, -0.2) is 35.7 Å². The number of hydrogen-bond acceptors (Lipinski definition) is 6. The van der Waals surface area contributed by atoms with Gasteiger partial charge in [-0.1, -0.05) is 30.3 Å². The minimum absolute atomic E-state index is 0.116. The van der Waals surface area contributed by atoms with Gasteiger partial charge in [0.2, 0.25) is 5.91 Å². The fraction of sp³-hybridized carbons (Fsp3) is 0.333. The zero-order chi connectivity index (χ0) is 24.6. The molecule has 8 heteroatoms. The number of benzene rings is 2. The van der Waals surface area contributed by atoms with Gasteiger partial charge in [0.1, 0.15) is 10.8 Å². The summed E-state index contributed by atoms with van der Waals surface area (Å²) < 4.78 is 18.4. The summed E-state index contributed by atoms with van der Waals surface area (Å²) in [5, 5.41) is 3.57. The summed E-state index contributed by atoms with van der Waals surface area (Å²) >= 11 is 3.07. The Labute approximate surface area is 213 Å². The third kappa shape index (κ3) is 6.93. The number of nitrogens with zero attached hydrogens (tertiary/aromatic N) is 1. The maximum atomic E-state index is 13.0. The van der Waals surface area contributed by atoms with Crippen molar-refractivity contribution in [2.45, 2.75) is 44.2 Å². The van der Waals surface area contributed by atoms with E-state index in [9.17, 15) is 14.0 Å². The van der Waals surface area contributed by atoms with E-state index in [2.05, 4.69) is 22.3 Å². The fourth-order valence-corrected chi connectivity index (χ4v) is 6.23. The van der Waals surface area contributed by atoms with E-state index < -0.39 is 0 Å². The lowest BCUT2D eigenvalue weighted by atomic mass is 10.0. The van der Waals surface area contributed by atoms with Crippen molar-refractivity contribution in [3.05, 3.63) is 82.0 Å². The molecule has 35 heavy (non-hydrogen) atoms. The number of esters is 1. The molecule has 0 bridgehead atoms. The van der Waals surface area contributed by atoms with Gasteiger partial charge in [-0.05, 0) is 60.9 Å². The Morgan fingerprint density at radius 3 is 2.66 bits per heavy atom. The van der Waals surface area contributed by atoms with Gasteiger partial charge < -0.3 is 10.1 Å². The van der Waals surface area contributed by atoms with Gasteiger partial charge >= 0.3 is 5.97 Å². The molecule has 2 heterocycles. The average Bonchev–Trinajstić information content (AvgIpc) is 3.20. The van der Waals surface area contributed by atoms with Gasteiger partial charge in [-0.15, -0.1) is 23.1 Å². The topological polar surface area (TPSA) is 58.6 Å². The number of amides is 1. The highest BCUT2D eigenvalue weighted by atomic mass is 32.2. The van der Waals surface area contributed by atoms with Crippen LogP contribution in [0.3, 0.4) is 0 Å². The Hall–Kier alpha value is -2.68. The summed E-state index contributed by atoms with van der Waals surface area (Å²) in [7, 11) is 0. The van der Waals surface area contributed by atoms with E-state index in [4.69, 9.17) is 4.74 Å². The predicted octanol–water partition coefficient (Wildman–Crippen LogP) is 6.13. The first-order valence-electron chi connectivity index (χ1n) is 11.8. The average molecular weight is 513 g/mol. The molecule has 1 aromatic heterocycles. The van der Waals surface area contributed by atoms with Crippen molar-refractivity contribution in [3.8, 4) is 0 Å². The highest BCUT2D eigenvalue weighted by Crippen LogP contribution is 2.38. The lowest BCUT2D eigenvalue weighted by molar-refractivity contribution is -0.116. The molecule has 1 aliphatic rings. The van der Waals surface area contributed by atoms with E-state index in [1.165, 1.54) is 29.0 Å². The Bertz CT molecular complexity index is 1150. The van der Waals surface area contributed by atoms with E-state index in [0.717, 1.165) is 47.1 Å². The van der Waals surface area contributed by atoms with Crippen molar-refractivity contribution >= 4 is 40.0 Å². The van der Waals surface area contributed by atoms with Gasteiger partial charge in [0.25, 0.3) is 0 Å². The van der Waals surface area contributed by atoms with Crippen LogP contribution in [0.2, 0.25) is 0 Å². The summed E-state index contributed by atoms with van der Waals surface area (Å²) in [5.74, 6) is 0.00532. The zero-order valence-corrected chi connectivity index (χ0v) is 21.4. The molecule has 0 saturated carbocycles. The first kappa shape index (κ1) is 25.4. The van der Waals surface area contributed by atoms with E-state index in [1.54, 1.807) is 30.8 Å². The largest absolute Gasteiger partial charge is 0.462 e. The molecule has 1 amide bonds. The van der Waals surface area contributed by atoms with Crippen LogP contribution in [0.15, 0.2) is 59.5 Å². The normalized spacial score (nSPS) is 13.3. The van der Waals surface area contributed by atoms with Crippen molar-refractivity contribution in [1.82, 2.24) is 4.90 Å². The lowest BCUT2D eigenvalue weighted by Crippen LogP contribution is -2.29. The summed E-state index contributed by atoms with van der Waals surface area (Å²) in [5.41, 5.74) is 2.77. The molecule has 4 rings (SSSR count). The van der Waals surface area contributed by atoms with Crippen LogP contribution < -0.4 is 5.32 Å². The number of anilines is 1. The van der Waals surface area contributed by atoms with Gasteiger partial charge in [-0.2, -0.15) is 0 Å². The number of thiophene rings is 1. The van der Waals surface area contributed by atoms with Crippen molar-refractivity contribution in [2.75, 3.05) is 24.2 Å². The monoisotopic (exact) mass is 512 g/mol. The minimum Gasteiger partial charge on any atom is -0.462 e. The molecule has 0 radical (unpaired) electrons. The van der Waals surface area contributed by atoms with Crippen LogP contribution in [0.4, 0.5) is 9.39 Å². The van der Waals surface area contributed by atoms with Crippen LogP contribution in [-0.2, 0) is 29.0 Å². The van der Waals surface area contributed by atoms with Crippen molar-refractivity contribution in [3.63, 3.8) is 0 Å². The summed E-state index contributed by atoms with van der Waals surface area (Å²) in [6.45, 7) is 4.51. The van der Waals surface area contributed by atoms with E-state index in [0.29, 0.717) is 23.4 Å². The van der Waals surface area contributed by atoms with Crippen molar-refractivity contribution in [2.24, 2.45) is 0 Å². The Balaban J connectivity index is 1.38. The quantitative estimate of drug-likeness (QED) is 0.201. The Morgan fingerprint density at radius 1 is 1.14 bits per heavy atom. The number of nitrogens with one attached hydrogen (secondary N) is 1. The van der Waals surface area contributed by atoms with Crippen LogP contribution >= 0.6 is 23.1 Å². The van der Waals surface area contributed by atoms with Gasteiger partial charge in [0.15, 0.2) is 0 Å². The molecular formula is C27H29FN2O3S2. The number of thioether (sulfide) groups is 1. The number of carbonyl (C=O) groups is 2. The standard InChI is InChI=1S/C27H29FN2O3S2/c1-2-33-27(32)25-22-14-15-30(17-19-7-4-3-5-8-19)18-23(22)35-26(25)29-24(31)9-6-16-34-21-12-10-20(28)11-13-21/h3-5,7-8,10-13H,2,6,9,14-18H2,1H3,(H,29,31). The van der Waals surface area contributed by atoms with Gasteiger partial charge in [-0.25, -0.2) is 9.18 Å². The second kappa shape index (κ2) is 12.3. The molecule has 1 aliphatic heterocycles. The molecule has 0 spiro atoms. The third-order valence-corrected chi connectivity index (χ3v) is 7.98. The lowest BCUT2D eigenvalue weighted by Gasteiger charge is -2.27. The number of halogens is 1. The molecule has 5 nitrogen and oxygen atoms in total. The zero-order valence-electron chi connectivity index (χ0n) is 19.7. The highest BCUT2D eigenvalue weighted by molar-refractivity contribution is 7.99. The summed E-state index contributed by atoms with van der Waals surface area (Å²) in [6.07, 6.45) is 1.77. The van der Waals surface area contributed by atoms with E-state index >= 15 is 0 Å². The van der Waals surface area contributed by atoms with Gasteiger partial charge in [-0.3, -0.25) is 9.69 Å². The second-order valence-electron chi connectivity index (χ2n) is 8.33. The molecule has 3 aromatic rings. The molecule has 0 aliphatic carbocycles. The molecule has 0 fully saturated rings. The number of ether oxygens (including phenoxy) is 1. The minimum atomic E-state index is -0.372. The van der Waals surface area contributed by atoms with Crippen LogP contribution in [0.25, 0.3) is 0 Å². The molecule has 1 N–H and O–H groups in total. The Morgan fingerprint density at radius 2 is 1.91 bits per heavy atom. The highest BCUT2D eigenvalue weighted by Gasteiger charge is 2.29. The Kier molecular flexibility index (Phi) is 8.95. The fourth-order valence-electron chi connectivity index (χ4n) is 4.08. The summed E-state index contributed by atoms with van der Waals surface area (Å²) in [6, 6.07) is 16.7. The van der Waals surface area contributed by atoms with Gasteiger partial charge in [0.05, 0.1) is 12.2 Å². The molecule has 2 aromatic carbocycles. The predicted molar refractivity (Wildman–Crippen MR) is 140 cm³/mol. The van der Waals surface area contributed by atoms with Gasteiger partial charge in [0, 0.05) is 35.8 Å². The SMILES string of the molecule is CCOC(=O)c1c(NC(=O)CCCSc2ccc(F)cc2)sc2c1CCN(Cc1ccccc1)C2. The van der Waals surface area contributed by atoms with E-state index in [1.807, 2.05) is 18.2 Å². The smallest absolute Gasteiger partial charge is 0.341 e. The molecular weight excluding hydrogens is 483 g/mol. The number of carbonyl (C=O) groups excluding carboxylic acids is 2. The summed E-state index contributed by atoms with van der Waals surface area (Å²) in [4.78, 5) is 29.9. The number of hydrogen-bond donors (Lipinski definition) is 1. The second-order valence-corrected chi connectivity index (χ2v) is 10.6. The van der Waals surface area contributed by atoms with Crippen LogP contribution in [0.5, 0.6) is 0 Å². The molecule has 184 valence electrons. The first-order valence-corrected chi connectivity index (χ1v) is 13.6. The molecule has 0 unspecified atom stereocenters. The first-order chi connectivity index (χ1) is 17.0. The number of rotatable bonds is 10. The molecule has 0 atom stereocenters.